The molecule has 0 amide bonds. The number of hydrogen-bond acceptors (Lipinski definition) is 8. The van der Waals surface area contributed by atoms with Crippen LogP contribution in [0.3, 0.4) is 0 Å². The van der Waals surface area contributed by atoms with Crippen molar-refractivity contribution in [3.63, 3.8) is 0 Å². The highest BCUT2D eigenvalue weighted by atomic mass is 16.6. The first-order chi connectivity index (χ1) is 9.54. The van der Waals surface area contributed by atoms with E-state index in [4.69, 9.17) is 15.3 Å². The Bertz CT molecular complexity index is 697. The molecular formula is C10H13N5O5. The lowest BCUT2D eigenvalue weighted by atomic mass is 10.1. The van der Waals surface area contributed by atoms with Crippen LogP contribution in [0, 0.1) is 5.41 Å². The predicted octanol–water partition coefficient (Wildman–Crippen LogP) is -2.44. The zero-order valence-electron chi connectivity index (χ0n) is 10.2. The second-order valence-electron chi connectivity index (χ2n) is 4.49. The van der Waals surface area contributed by atoms with Gasteiger partial charge in [-0.1, -0.05) is 0 Å². The van der Waals surface area contributed by atoms with Crippen molar-refractivity contribution in [1.29, 1.82) is 5.41 Å². The van der Waals surface area contributed by atoms with Gasteiger partial charge in [-0.05, 0) is 0 Å². The van der Waals surface area contributed by atoms with Crippen LogP contribution in [0.5, 0.6) is 0 Å². The number of aliphatic hydroxyl groups is 3. The Morgan fingerprint density at radius 1 is 1.25 bits per heavy atom. The Labute approximate surface area is 111 Å². The molecule has 4 atom stereocenters. The van der Waals surface area contributed by atoms with Crippen LogP contribution in [-0.2, 0) is 4.74 Å². The molecule has 5 N–H and O–H groups in total. The van der Waals surface area contributed by atoms with Gasteiger partial charge in [-0.15, -0.1) is 0 Å². The maximum Gasteiger partial charge on any atom is 0.192 e. The first-order valence-electron chi connectivity index (χ1n) is 5.85. The van der Waals surface area contributed by atoms with Gasteiger partial charge in [0.2, 0.25) is 0 Å². The van der Waals surface area contributed by atoms with Crippen molar-refractivity contribution in [2.75, 3.05) is 6.61 Å². The van der Waals surface area contributed by atoms with Gasteiger partial charge in [0.15, 0.2) is 22.9 Å². The van der Waals surface area contributed by atoms with Crippen molar-refractivity contribution in [1.82, 2.24) is 19.3 Å². The summed E-state index contributed by atoms with van der Waals surface area (Å²) < 4.78 is 7.22. The summed E-state index contributed by atoms with van der Waals surface area (Å²) in [5.74, 6) is 0. The molecule has 1 saturated heterocycles. The summed E-state index contributed by atoms with van der Waals surface area (Å²) in [6.45, 7) is -0.435. The smallest absolute Gasteiger partial charge is 0.192 e. The maximum absolute atomic E-state index is 9.95. The summed E-state index contributed by atoms with van der Waals surface area (Å²) in [5, 5.41) is 45.7. The fourth-order valence-electron chi connectivity index (χ4n) is 2.22. The fourth-order valence-corrected chi connectivity index (χ4v) is 2.22. The minimum absolute atomic E-state index is 0.118. The number of aliphatic hydroxyl groups excluding tert-OH is 3. The summed E-state index contributed by atoms with van der Waals surface area (Å²) in [6, 6.07) is 0. The van der Waals surface area contributed by atoms with Crippen LogP contribution in [0.25, 0.3) is 11.2 Å². The molecule has 2 aromatic rings. The summed E-state index contributed by atoms with van der Waals surface area (Å²) in [6.07, 6.45) is -2.07. The quantitative estimate of drug-likeness (QED) is 0.384. The molecule has 10 heteroatoms. The average molecular weight is 283 g/mol. The van der Waals surface area contributed by atoms with Crippen LogP contribution in [-0.4, -0.2) is 64.7 Å². The van der Waals surface area contributed by atoms with E-state index < -0.39 is 31.1 Å². The molecule has 1 aliphatic heterocycles. The zero-order valence-corrected chi connectivity index (χ0v) is 10.2. The molecule has 0 spiro atoms. The van der Waals surface area contributed by atoms with E-state index in [0.29, 0.717) is 4.73 Å². The molecule has 2 aromatic heterocycles. The summed E-state index contributed by atoms with van der Waals surface area (Å²) in [4.78, 5) is 7.85. The number of aromatic nitrogens is 4. The molecule has 0 saturated carbocycles. The molecule has 108 valence electrons. The Morgan fingerprint density at radius 2 is 2.00 bits per heavy atom. The normalized spacial score (nSPS) is 30.1. The molecule has 0 bridgehead atoms. The standard InChI is InChI=1S/C10H13N5O5/c11-8-5-9(13-3-15(8)19)14(2-12-5)10-7(18)6(17)4(1-16)20-10/h2-4,6-7,10-11,16-19H,1H2/t4-,6?,7?,10-/m1/s1. The first kappa shape index (κ1) is 13.0. The van der Waals surface area contributed by atoms with Crippen molar-refractivity contribution in [2.45, 2.75) is 24.5 Å². The molecule has 1 aliphatic rings. The van der Waals surface area contributed by atoms with Gasteiger partial charge < -0.3 is 25.3 Å². The number of fused-ring (bicyclic) bond motifs is 1. The molecule has 0 radical (unpaired) electrons. The van der Waals surface area contributed by atoms with E-state index in [-0.39, 0.29) is 16.7 Å². The average Bonchev–Trinajstić information content (AvgIpc) is 2.98. The van der Waals surface area contributed by atoms with E-state index in [9.17, 15) is 15.4 Å². The first-order valence-corrected chi connectivity index (χ1v) is 5.85. The van der Waals surface area contributed by atoms with Gasteiger partial charge in [0, 0.05) is 0 Å². The van der Waals surface area contributed by atoms with Gasteiger partial charge in [0.1, 0.15) is 24.6 Å². The minimum atomic E-state index is -1.26. The van der Waals surface area contributed by atoms with Crippen molar-refractivity contribution >= 4 is 11.2 Å². The highest BCUT2D eigenvalue weighted by Gasteiger charge is 2.43. The molecule has 1 fully saturated rings. The van der Waals surface area contributed by atoms with Crippen molar-refractivity contribution in [3.05, 3.63) is 18.1 Å². The number of nitrogens with one attached hydrogen (secondary N) is 1. The van der Waals surface area contributed by atoms with Gasteiger partial charge in [-0.25, -0.2) is 9.97 Å². The number of rotatable bonds is 2. The highest BCUT2D eigenvalue weighted by Crippen LogP contribution is 2.30. The largest absolute Gasteiger partial charge is 0.425 e. The van der Waals surface area contributed by atoms with Gasteiger partial charge in [0.05, 0.1) is 12.9 Å². The van der Waals surface area contributed by atoms with Crippen LogP contribution in [0.4, 0.5) is 0 Å². The van der Waals surface area contributed by atoms with Crippen LogP contribution in [0.1, 0.15) is 6.23 Å². The fraction of sp³-hybridized carbons (Fsp3) is 0.500. The van der Waals surface area contributed by atoms with Crippen molar-refractivity contribution in [3.8, 4) is 0 Å². The number of nitrogens with zero attached hydrogens (tertiary/aromatic N) is 4. The molecule has 3 heterocycles. The van der Waals surface area contributed by atoms with Crippen LogP contribution >= 0.6 is 0 Å². The molecule has 20 heavy (non-hydrogen) atoms. The van der Waals surface area contributed by atoms with Crippen LogP contribution in [0.15, 0.2) is 12.7 Å². The van der Waals surface area contributed by atoms with E-state index in [1.807, 2.05) is 0 Å². The number of ether oxygens (including phenoxy) is 1. The van der Waals surface area contributed by atoms with E-state index in [0.717, 1.165) is 6.33 Å². The second kappa shape index (κ2) is 4.52. The minimum Gasteiger partial charge on any atom is -0.425 e. The van der Waals surface area contributed by atoms with Crippen molar-refractivity contribution < 1.29 is 25.3 Å². The SMILES string of the molecule is N=c1c2ncn([C@@H]3O[C@H](CO)C(O)C3O)c2ncn1O. The lowest BCUT2D eigenvalue weighted by molar-refractivity contribution is -0.0511. The molecule has 0 aliphatic carbocycles. The Morgan fingerprint density at radius 3 is 2.65 bits per heavy atom. The third kappa shape index (κ3) is 1.70. The van der Waals surface area contributed by atoms with Crippen LogP contribution < -0.4 is 5.49 Å². The highest BCUT2D eigenvalue weighted by molar-refractivity contribution is 5.68. The van der Waals surface area contributed by atoms with E-state index in [1.165, 1.54) is 10.9 Å². The van der Waals surface area contributed by atoms with Gasteiger partial charge >= 0.3 is 0 Å². The monoisotopic (exact) mass is 283 g/mol. The molecule has 0 aromatic carbocycles. The Hall–Kier alpha value is -2.01. The predicted molar refractivity (Wildman–Crippen MR) is 61.6 cm³/mol. The Balaban J connectivity index is 2.08. The molecular weight excluding hydrogens is 270 g/mol. The number of imidazole rings is 1. The van der Waals surface area contributed by atoms with E-state index >= 15 is 0 Å². The number of hydrogen-bond donors (Lipinski definition) is 5. The van der Waals surface area contributed by atoms with Gasteiger partial charge in [-0.2, -0.15) is 4.73 Å². The Kier molecular flexibility index (Phi) is 2.94. The second-order valence-corrected chi connectivity index (χ2v) is 4.49. The summed E-state index contributed by atoms with van der Waals surface area (Å²) >= 11 is 0. The topological polar surface area (TPSA) is 150 Å². The molecule has 3 rings (SSSR count). The third-order valence-corrected chi connectivity index (χ3v) is 3.30. The summed E-state index contributed by atoms with van der Waals surface area (Å²) in [7, 11) is 0. The zero-order chi connectivity index (χ0) is 14.4. The maximum atomic E-state index is 9.95. The van der Waals surface area contributed by atoms with Gasteiger partial charge in [-0.3, -0.25) is 9.98 Å². The van der Waals surface area contributed by atoms with E-state index in [2.05, 4.69) is 9.97 Å². The van der Waals surface area contributed by atoms with Gasteiger partial charge in [0.25, 0.3) is 0 Å². The van der Waals surface area contributed by atoms with Crippen LogP contribution in [0.2, 0.25) is 0 Å². The summed E-state index contributed by atoms with van der Waals surface area (Å²) in [5.41, 5.74) is 0.0726. The molecule has 2 unspecified atom stereocenters. The third-order valence-electron chi connectivity index (χ3n) is 3.30. The lowest BCUT2D eigenvalue weighted by Crippen LogP contribution is -2.33. The van der Waals surface area contributed by atoms with Crippen molar-refractivity contribution in [2.24, 2.45) is 0 Å². The lowest BCUT2D eigenvalue weighted by Gasteiger charge is -2.16. The molecule has 10 nitrogen and oxygen atoms in total. The van der Waals surface area contributed by atoms with E-state index in [1.54, 1.807) is 0 Å².